The van der Waals surface area contributed by atoms with Crippen LogP contribution in [-0.2, 0) is 30.6 Å². The number of carbonyl (C=O) groups excluding carboxylic acids is 1. The van der Waals surface area contributed by atoms with Gasteiger partial charge < -0.3 is 15.2 Å². The monoisotopic (exact) mass is 446 g/mol. The van der Waals surface area contributed by atoms with E-state index in [4.69, 9.17) is 16.3 Å². The van der Waals surface area contributed by atoms with Gasteiger partial charge in [0.15, 0.2) is 0 Å². The molecule has 2 heterocycles. The summed E-state index contributed by atoms with van der Waals surface area (Å²) in [5.41, 5.74) is 2.12. The van der Waals surface area contributed by atoms with Crippen LogP contribution in [0.15, 0.2) is 53.9 Å². The summed E-state index contributed by atoms with van der Waals surface area (Å²) in [6.45, 7) is 0.121. The third-order valence-electron chi connectivity index (χ3n) is 4.05. The van der Waals surface area contributed by atoms with Crippen molar-refractivity contribution in [1.82, 2.24) is 20.3 Å². The first-order chi connectivity index (χ1) is 14.5. The van der Waals surface area contributed by atoms with E-state index in [1.807, 2.05) is 6.07 Å². The van der Waals surface area contributed by atoms with Crippen molar-refractivity contribution in [1.29, 1.82) is 0 Å². The highest BCUT2D eigenvalue weighted by molar-refractivity contribution is 7.84. The van der Waals surface area contributed by atoms with Gasteiger partial charge in [-0.2, -0.15) is 4.98 Å². The summed E-state index contributed by atoms with van der Waals surface area (Å²) >= 11 is 6.11. The summed E-state index contributed by atoms with van der Waals surface area (Å²) in [5, 5.41) is 12.4. The van der Waals surface area contributed by atoms with E-state index in [0.29, 0.717) is 16.3 Å². The number of amides is 1. The second kappa shape index (κ2) is 10.2. The lowest BCUT2D eigenvalue weighted by Gasteiger charge is -2.12. The fourth-order valence-corrected chi connectivity index (χ4v) is 3.16. The molecule has 1 atom stereocenters. The predicted molar refractivity (Wildman–Crippen MR) is 111 cm³/mol. The van der Waals surface area contributed by atoms with Crippen molar-refractivity contribution >= 4 is 28.3 Å². The summed E-state index contributed by atoms with van der Waals surface area (Å²) in [6.07, 6.45) is 4.36. The van der Waals surface area contributed by atoms with Crippen molar-refractivity contribution < 1.29 is 18.8 Å². The van der Waals surface area contributed by atoms with Gasteiger partial charge in [-0.05, 0) is 29.3 Å². The molecule has 0 saturated heterocycles. The number of ether oxygens (including phenoxy) is 1. The maximum Gasteiger partial charge on any atom is 0.258 e. The largest absolute Gasteiger partial charge is 0.472 e. The molecule has 156 valence electrons. The van der Waals surface area contributed by atoms with Crippen LogP contribution in [-0.4, -0.2) is 36.4 Å². The number of rotatable bonds is 8. The molecule has 3 rings (SSSR count). The number of benzene rings is 1. The lowest BCUT2D eigenvalue weighted by Crippen LogP contribution is -2.24. The Hall–Kier alpha value is -2.88. The Bertz CT molecular complexity index is 1070. The van der Waals surface area contributed by atoms with E-state index in [0.717, 1.165) is 5.56 Å². The van der Waals surface area contributed by atoms with Gasteiger partial charge in [-0.25, -0.2) is 4.98 Å². The molecule has 1 unspecified atom stereocenters. The van der Waals surface area contributed by atoms with E-state index < -0.39 is 16.7 Å². The minimum atomic E-state index is -1.44. The molecule has 0 aliphatic rings. The second-order valence-corrected chi connectivity index (χ2v) is 7.88. The van der Waals surface area contributed by atoms with Gasteiger partial charge in [-0.1, -0.05) is 29.8 Å². The third kappa shape index (κ3) is 5.59. The van der Waals surface area contributed by atoms with Crippen LogP contribution in [0.2, 0.25) is 5.02 Å². The van der Waals surface area contributed by atoms with E-state index in [2.05, 4.69) is 20.3 Å². The van der Waals surface area contributed by atoms with E-state index in [9.17, 15) is 14.1 Å². The average molecular weight is 447 g/mol. The molecule has 30 heavy (non-hydrogen) atoms. The van der Waals surface area contributed by atoms with Gasteiger partial charge in [-0.3, -0.25) is 14.0 Å². The molecule has 0 bridgehead atoms. The number of aromatic nitrogens is 3. The molecule has 0 radical (unpaired) electrons. The van der Waals surface area contributed by atoms with Crippen LogP contribution in [0.5, 0.6) is 5.88 Å². The second-order valence-electron chi connectivity index (χ2n) is 6.20. The van der Waals surface area contributed by atoms with Gasteiger partial charge in [0.25, 0.3) is 5.91 Å². The van der Waals surface area contributed by atoms with E-state index >= 15 is 0 Å². The molecule has 1 amide bonds. The van der Waals surface area contributed by atoms with Crippen LogP contribution >= 0.6 is 11.6 Å². The standard InChI is InChI=1S/C20H19ClN4O4S/c1-30(28)20-24-10-16(18(27)23-9-15-4-2-3-7-22-15)19(25-20)29-12-13-5-6-14(11-26)17(21)8-13/h2-8,10,26H,9,11-12H2,1H3,(H,23,27). The van der Waals surface area contributed by atoms with E-state index in [1.54, 1.807) is 36.5 Å². The molecule has 10 heteroatoms. The van der Waals surface area contributed by atoms with E-state index in [1.165, 1.54) is 12.5 Å². The van der Waals surface area contributed by atoms with Crippen LogP contribution in [0.4, 0.5) is 0 Å². The molecule has 3 aromatic rings. The number of halogens is 1. The zero-order chi connectivity index (χ0) is 21.5. The lowest BCUT2D eigenvalue weighted by atomic mass is 10.1. The fraction of sp³-hybridized carbons (Fsp3) is 0.200. The van der Waals surface area contributed by atoms with Crippen molar-refractivity contribution in [2.45, 2.75) is 24.9 Å². The zero-order valence-corrected chi connectivity index (χ0v) is 17.6. The molecule has 2 N–H and O–H groups in total. The molecule has 0 spiro atoms. The number of hydrogen-bond acceptors (Lipinski definition) is 7. The van der Waals surface area contributed by atoms with Crippen LogP contribution < -0.4 is 10.1 Å². The molecule has 8 nitrogen and oxygen atoms in total. The summed E-state index contributed by atoms with van der Waals surface area (Å²) in [5.74, 6) is -0.436. The average Bonchev–Trinajstić information content (AvgIpc) is 2.76. The Balaban J connectivity index is 1.78. The molecule has 2 aromatic heterocycles. The van der Waals surface area contributed by atoms with Gasteiger partial charge in [0.05, 0.1) is 29.6 Å². The minimum Gasteiger partial charge on any atom is -0.472 e. The first-order valence-electron chi connectivity index (χ1n) is 8.87. The minimum absolute atomic E-state index is 0.0103. The van der Waals surface area contributed by atoms with Crippen LogP contribution in [0.3, 0.4) is 0 Å². The summed E-state index contributed by atoms with van der Waals surface area (Å²) in [7, 11) is -1.44. The maximum absolute atomic E-state index is 12.6. The summed E-state index contributed by atoms with van der Waals surface area (Å²) < 4.78 is 17.5. The Morgan fingerprint density at radius 2 is 2.10 bits per heavy atom. The van der Waals surface area contributed by atoms with Crippen LogP contribution in [0, 0.1) is 0 Å². The number of aliphatic hydroxyl groups is 1. The number of pyridine rings is 1. The fourth-order valence-electron chi connectivity index (χ4n) is 2.48. The number of aliphatic hydroxyl groups excluding tert-OH is 1. The molecule has 0 saturated carbocycles. The van der Waals surface area contributed by atoms with Crippen LogP contribution in [0.1, 0.15) is 27.2 Å². The Morgan fingerprint density at radius 1 is 1.27 bits per heavy atom. The van der Waals surface area contributed by atoms with Gasteiger partial charge in [0.1, 0.15) is 12.2 Å². The van der Waals surface area contributed by atoms with Crippen molar-refractivity contribution in [3.8, 4) is 5.88 Å². The third-order valence-corrected chi connectivity index (χ3v) is 5.12. The number of carbonyl (C=O) groups is 1. The van der Waals surface area contributed by atoms with Crippen molar-refractivity contribution in [2.24, 2.45) is 0 Å². The van der Waals surface area contributed by atoms with Crippen molar-refractivity contribution in [3.05, 3.63) is 76.2 Å². The number of nitrogens with zero attached hydrogens (tertiary/aromatic N) is 3. The summed E-state index contributed by atoms with van der Waals surface area (Å²) in [4.78, 5) is 24.9. The van der Waals surface area contributed by atoms with Gasteiger partial charge in [0.2, 0.25) is 11.0 Å². The highest BCUT2D eigenvalue weighted by Crippen LogP contribution is 2.21. The number of hydrogen-bond donors (Lipinski definition) is 2. The molecular formula is C20H19ClN4O4S. The normalized spacial score (nSPS) is 11.7. The van der Waals surface area contributed by atoms with Gasteiger partial charge in [-0.15, -0.1) is 0 Å². The molecule has 0 aliphatic carbocycles. The first-order valence-corrected chi connectivity index (χ1v) is 10.8. The van der Waals surface area contributed by atoms with Crippen molar-refractivity contribution in [2.75, 3.05) is 6.26 Å². The quantitative estimate of drug-likeness (QED) is 0.510. The highest BCUT2D eigenvalue weighted by Gasteiger charge is 2.18. The van der Waals surface area contributed by atoms with Crippen molar-refractivity contribution in [3.63, 3.8) is 0 Å². The highest BCUT2D eigenvalue weighted by atomic mass is 35.5. The topological polar surface area (TPSA) is 114 Å². The molecule has 1 aromatic carbocycles. The van der Waals surface area contributed by atoms with Gasteiger partial charge in [0, 0.05) is 23.7 Å². The smallest absolute Gasteiger partial charge is 0.258 e. The first kappa shape index (κ1) is 21.8. The lowest BCUT2D eigenvalue weighted by molar-refractivity contribution is 0.0944. The summed E-state index contributed by atoms with van der Waals surface area (Å²) in [6, 6.07) is 10.5. The number of nitrogens with one attached hydrogen (secondary N) is 1. The SMILES string of the molecule is CS(=O)c1ncc(C(=O)NCc2ccccn2)c(OCc2ccc(CO)c(Cl)c2)n1. The Labute approximate surface area is 180 Å². The zero-order valence-electron chi connectivity index (χ0n) is 16.0. The molecule has 0 fully saturated rings. The van der Waals surface area contributed by atoms with Crippen LogP contribution in [0.25, 0.3) is 0 Å². The predicted octanol–water partition coefficient (Wildman–Crippen LogP) is 2.26. The molecular weight excluding hydrogens is 428 g/mol. The maximum atomic E-state index is 12.6. The Morgan fingerprint density at radius 3 is 2.77 bits per heavy atom. The van der Waals surface area contributed by atoms with E-state index in [-0.39, 0.29) is 36.4 Å². The Kier molecular flexibility index (Phi) is 7.45. The van der Waals surface area contributed by atoms with Gasteiger partial charge >= 0.3 is 0 Å². The molecule has 0 aliphatic heterocycles.